The highest BCUT2D eigenvalue weighted by atomic mass is 35.5. The number of hydrogen-bond donors (Lipinski definition) is 2. The lowest BCUT2D eigenvalue weighted by Gasteiger charge is -2.12. The van der Waals surface area contributed by atoms with Gasteiger partial charge in [0.15, 0.2) is 29.6 Å². The molecule has 0 bridgehead atoms. The molecule has 0 fully saturated rings. The standard InChI is InChI=1S/C24H29ClN2O6/c1-5-26-23(29)15-33-19-9-7-17(13-20(19)30-3)14-27-22(28)10-8-16-11-18(25)24(31-4)21(12-16)32-6-2/h7-13H,5-6,14-15H2,1-4H3,(H,26,29)(H,27,28)/b10-8+. The van der Waals surface area contributed by atoms with Crippen LogP contribution < -0.4 is 29.6 Å². The van der Waals surface area contributed by atoms with Crippen LogP contribution in [0.1, 0.15) is 25.0 Å². The molecule has 33 heavy (non-hydrogen) atoms. The van der Waals surface area contributed by atoms with Crippen LogP contribution in [0.2, 0.25) is 5.02 Å². The summed E-state index contributed by atoms with van der Waals surface area (Å²) in [6.07, 6.45) is 3.05. The Hall–Kier alpha value is -3.39. The number of halogens is 1. The van der Waals surface area contributed by atoms with Crippen molar-refractivity contribution in [2.45, 2.75) is 20.4 Å². The maximum Gasteiger partial charge on any atom is 0.257 e. The van der Waals surface area contributed by atoms with Crippen molar-refractivity contribution in [3.63, 3.8) is 0 Å². The number of nitrogens with one attached hydrogen (secondary N) is 2. The fraction of sp³-hybridized carbons (Fsp3) is 0.333. The molecule has 2 aromatic rings. The first-order valence-corrected chi connectivity index (χ1v) is 10.8. The number of likely N-dealkylation sites (N-methyl/N-ethyl adjacent to an activating group) is 1. The van der Waals surface area contributed by atoms with Crippen molar-refractivity contribution in [2.24, 2.45) is 0 Å². The molecule has 0 radical (unpaired) electrons. The lowest BCUT2D eigenvalue weighted by Crippen LogP contribution is -2.28. The van der Waals surface area contributed by atoms with Crippen LogP contribution in [0, 0.1) is 0 Å². The van der Waals surface area contributed by atoms with Crippen molar-refractivity contribution in [3.8, 4) is 23.0 Å². The average Bonchev–Trinajstić information content (AvgIpc) is 2.80. The lowest BCUT2D eigenvalue weighted by molar-refractivity contribution is -0.123. The predicted molar refractivity (Wildman–Crippen MR) is 127 cm³/mol. The summed E-state index contributed by atoms with van der Waals surface area (Å²) in [6.45, 7) is 4.86. The highest BCUT2D eigenvalue weighted by Crippen LogP contribution is 2.36. The summed E-state index contributed by atoms with van der Waals surface area (Å²) < 4.78 is 21.6. The lowest BCUT2D eigenvalue weighted by atomic mass is 10.1. The van der Waals surface area contributed by atoms with Crippen molar-refractivity contribution >= 4 is 29.5 Å². The van der Waals surface area contributed by atoms with Gasteiger partial charge in [0, 0.05) is 19.2 Å². The third kappa shape index (κ3) is 7.91. The zero-order valence-corrected chi connectivity index (χ0v) is 20.0. The maximum absolute atomic E-state index is 12.3. The van der Waals surface area contributed by atoms with Gasteiger partial charge in [0.05, 0.1) is 25.8 Å². The van der Waals surface area contributed by atoms with E-state index >= 15 is 0 Å². The minimum atomic E-state index is -0.282. The van der Waals surface area contributed by atoms with Crippen LogP contribution in [0.4, 0.5) is 0 Å². The molecule has 0 aliphatic heterocycles. The molecule has 2 amide bonds. The van der Waals surface area contributed by atoms with Crippen molar-refractivity contribution in [1.29, 1.82) is 0 Å². The van der Waals surface area contributed by atoms with Crippen LogP contribution in [0.5, 0.6) is 23.0 Å². The molecule has 2 N–H and O–H groups in total. The van der Waals surface area contributed by atoms with Crippen LogP contribution in [0.3, 0.4) is 0 Å². The SMILES string of the molecule is CCNC(=O)COc1ccc(CNC(=O)/C=C/c2cc(Cl)c(OC)c(OCC)c2)cc1OC. The van der Waals surface area contributed by atoms with E-state index in [2.05, 4.69) is 10.6 Å². The van der Waals surface area contributed by atoms with E-state index in [-0.39, 0.29) is 25.0 Å². The number of ether oxygens (including phenoxy) is 4. The summed E-state index contributed by atoms with van der Waals surface area (Å²) in [4.78, 5) is 23.9. The summed E-state index contributed by atoms with van der Waals surface area (Å²) in [5.41, 5.74) is 1.51. The molecule has 9 heteroatoms. The number of methoxy groups -OCH3 is 2. The third-order valence-electron chi connectivity index (χ3n) is 4.39. The van der Waals surface area contributed by atoms with Gasteiger partial charge in [-0.2, -0.15) is 0 Å². The minimum absolute atomic E-state index is 0.106. The molecule has 2 rings (SSSR count). The monoisotopic (exact) mass is 476 g/mol. The molecule has 2 aromatic carbocycles. The molecule has 0 atom stereocenters. The van der Waals surface area contributed by atoms with Gasteiger partial charge in [0.2, 0.25) is 5.91 Å². The zero-order valence-electron chi connectivity index (χ0n) is 19.2. The second-order valence-electron chi connectivity index (χ2n) is 6.75. The molecule has 0 spiro atoms. The van der Waals surface area contributed by atoms with E-state index in [0.29, 0.717) is 46.7 Å². The van der Waals surface area contributed by atoms with E-state index < -0.39 is 0 Å². The van der Waals surface area contributed by atoms with Crippen LogP contribution >= 0.6 is 11.6 Å². The quantitative estimate of drug-likeness (QED) is 0.454. The predicted octanol–water partition coefficient (Wildman–Crippen LogP) is 3.60. The maximum atomic E-state index is 12.3. The highest BCUT2D eigenvalue weighted by Gasteiger charge is 2.11. The molecular formula is C24H29ClN2O6. The average molecular weight is 477 g/mol. The van der Waals surface area contributed by atoms with Gasteiger partial charge < -0.3 is 29.6 Å². The fourth-order valence-corrected chi connectivity index (χ4v) is 3.19. The molecule has 0 aliphatic rings. The minimum Gasteiger partial charge on any atom is -0.493 e. The Bertz CT molecular complexity index is 993. The number of rotatable bonds is 12. The van der Waals surface area contributed by atoms with Gasteiger partial charge >= 0.3 is 0 Å². The van der Waals surface area contributed by atoms with E-state index in [1.54, 1.807) is 36.4 Å². The number of amides is 2. The topological polar surface area (TPSA) is 95.1 Å². The molecule has 0 unspecified atom stereocenters. The van der Waals surface area contributed by atoms with E-state index in [0.717, 1.165) is 5.56 Å². The molecule has 178 valence electrons. The van der Waals surface area contributed by atoms with Gasteiger partial charge in [-0.1, -0.05) is 17.7 Å². The van der Waals surface area contributed by atoms with Gasteiger partial charge in [-0.25, -0.2) is 0 Å². The van der Waals surface area contributed by atoms with Crippen molar-refractivity contribution in [3.05, 3.63) is 52.6 Å². The van der Waals surface area contributed by atoms with Gasteiger partial charge in [-0.15, -0.1) is 0 Å². The second kappa shape index (κ2) is 13.2. The molecule has 0 saturated heterocycles. The third-order valence-corrected chi connectivity index (χ3v) is 4.67. The van der Waals surface area contributed by atoms with Gasteiger partial charge in [-0.05, 0) is 55.3 Å². The van der Waals surface area contributed by atoms with Crippen molar-refractivity contribution < 1.29 is 28.5 Å². The molecule has 0 saturated carbocycles. The molecule has 0 aromatic heterocycles. The molecule has 8 nitrogen and oxygen atoms in total. The van der Waals surface area contributed by atoms with Crippen molar-refractivity contribution in [1.82, 2.24) is 10.6 Å². The van der Waals surface area contributed by atoms with Gasteiger partial charge in [0.1, 0.15) is 0 Å². The molecule has 0 heterocycles. The van der Waals surface area contributed by atoms with Crippen LogP contribution in [0.25, 0.3) is 6.08 Å². The Balaban J connectivity index is 1.99. The number of carbonyl (C=O) groups excluding carboxylic acids is 2. The van der Waals surface area contributed by atoms with E-state index in [1.807, 2.05) is 13.8 Å². The first-order chi connectivity index (χ1) is 15.9. The summed E-state index contributed by atoms with van der Waals surface area (Å²) in [5.74, 6) is 1.38. The molecular weight excluding hydrogens is 448 g/mol. The summed E-state index contributed by atoms with van der Waals surface area (Å²) in [5, 5.41) is 5.86. The first kappa shape index (κ1) is 25.9. The van der Waals surface area contributed by atoms with Crippen molar-refractivity contribution in [2.75, 3.05) is 34.0 Å². The van der Waals surface area contributed by atoms with Crippen LogP contribution in [-0.2, 0) is 16.1 Å². The summed E-state index contributed by atoms with van der Waals surface area (Å²) >= 11 is 6.24. The van der Waals surface area contributed by atoms with E-state index in [9.17, 15) is 9.59 Å². The number of carbonyl (C=O) groups is 2. The van der Waals surface area contributed by atoms with Gasteiger partial charge in [0.25, 0.3) is 5.91 Å². The van der Waals surface area contributed by atoms with Crippen LogP contribution in [-0.4, -0.2) is 45.8 Å². The molecule has 0 aliphatic carbocycles. The van der Waals surface area contributed by atoms with Crippen LogP contribution in [0.15, 0.2) is 36.4 Å². The zero-order chi connectivity index (χ0) is 24.2. The Morgan fingerprint density at radius 1 is 0.970 bits per heavy atom. The Kier molecular flexibility index (Phi) is 10.4. The van der Waals surface area contributed by atoms with Gasteiger partial charge in [-0.3, -0.25) is 9.59 Å². The Morgan fingerprint density at radius 2 is 1.76 bits per heavy atom. The Labute approximate surface area is 198 Å². The Morgan fingerprint density at radius 3 is 2.42 bits per heavy atom. The second-order valence-corrected chi connectivity index (χ2v) is 7.15. The van der Waals surface area contributed by atoms with E-state index in [1.165, 1.54) is 20.3 Å². The summed E-state index contributed by atoms with van der Waals surface area (Å²) in [7, 11) is 3.03. The summed E-state index contributed by atoms with van der Waals surface area (Å²) in [6, 6.07) is 8.68. The smallest absolute Gasteiger partial charge is 0.257 e. The number of hydrogen-bond acceptors (Lipinski definition) is 6. The normalized spacial score (nSPS) is 10.6. The number of benzene rings is 2. The first-order valence-electron chi connectivity index (χ1n) is 10.4. The largest absolute Gasteiger partial charge is 0.493 e. The highest BCUT2D eigenvalue weighted by molar-refractivity contribution is 6.32. The fourth-order valence-electron chi connectivity index (χ4n) is 2.90. The van der Waals surface area contributed by atoms with E-state index in [4.69, 9.17) is 30.5 Å².